The number of benzene rings is 1. The zero-order valence-corrected chi connectivity index (χ0v) is 16.5. The maximum absolute atomic E-state index is 13.0. The molecule has 2 aromatic rings. The first-order chi connectivity index (χ1) is 12.3. The third-order valence-electron chi connectivity index (χ3n) is 3.84. The van der Waals surface area contributed by atoms with Crippen molar-refractivity contribution in [2.75, 3.05) is 10.6 Å². The summed E-state index contributed by atoms with van der Waals surface area (Å²) in [5.74, 6) is -0.713. The van der Waals surface area contributed by atoms with Crippen LogP contribution >= 0.6 is 11.3 Å². The van der Waals surface area contributed by atoms with Crippen molar-refractivity contribution in [1.82, 2.24) is 0 Å². The summed E-state index contributed by atoms with van der Waals surface area (Å²) in [4.78, 5) is 24.9. The molecule has 0 fully saturated rings. The average molecular weight is 398 g/mol. The molecule has 0 unspecified atom stereocenters. The average Bonchev–Trinajstić information content (AvgIpc) is 2.87. The van der Waals surface area contributed by atoms with E-state index >= 15 is 0 Å². The van der Waals surface area contributed by atoms with Crippen molar-refractivity contribution >= 4 is 33.8 Å². The summed E-state index contributed by atoms with van der Waals surface area (Å²) in [6.07, 6.45) is -4.49. The fourth-order valence-electron chi connectivity index (χ4n) is 2.26. The molecule has 2 N–H and O–H groups in total. The van der Waals surface area contributed by atoms with E-state index in [4.69, 9.17) is 0 Å². The molecule has 0 spiro atoms. The third-order valence-corrected chi connectivity index (χ3v) is 4.99. The van der Waals surface area contributed by atoms with E-state index in [0.717, 1.165) is 17.4 Å². The van der Waals surface area contributed by atoms with Gasteiger partial charge in [-0.2, -0.15) is 13.2 Å². The summed E-state index contributed by atoms with van der Waals surface area (Å²) >= 11 is 1.08. The van der Waals surface area contributed by atoms with E-state index in [1.807, 2.05) is 0 Å². The number of hydrogen-bond donors (Lipinski definition) is 2. The van der Waals surface area contributed by atoms with Crippen LogP contribution in [0.25, 0.3) is 0 Å². The first-order valence-corrected chi connectivity index (χ1v) is 9.02. The Kier molecular flexibility index (Phi) is 5.70. The second-order valence-corrected chi connectivity index (χ2v) is 8.36. The van der Waals surface area contributed by atoms with Crippen molar-refractivity contribution in [2.24, 2.45) is 5.41 Å². The Hall–Kier alpha value is -2.35. The zero-order valence-electron chi connectivity index (χ0n) is 15.7. The molecule has 1 aromatic heterocycles. The van der Waals surface area contributed by atoms with E-state index < -0.39 is 23.1 Å². The Morgan fingerprint density at radius 2 is 1.59 bits per heavy atom. The lowest BCUT2D eigenvalue weighted by Gasteiger charge is -2.16. The highest BCUT2D eigenvalue weighted by atomic mass is 32.1. The second kappa shape index (κ2) is 7.34. The molecule has 0 aliphatic carbocycles. The third kappa shape index (κ3) is 5.09. The fraction of sp³-hybridized carbons (Fsp3) is 0.368. The molecule has 1 heterocycles. The van der Waals surface area contributed by atoms with Crippen LogP contribution in [0, 0.1) is 19.3 Å². The van der Waals surface area contributed by atoms with Gasteiger partial charge in [-0.15, -0.1) is 11.3 Å². The smallest absolute Gasteiger partial charge is 0.321 e. The lowest BCUT2D eigenvalue weighted by molar-refractivity contribution is -0.138. The molecule has 4 nitrogen and oxygen atoms in total. The molecular formula is C19H21F3N2O2S. The molecule has 2 amide bonds. The van der Waals surface area contributed by atoms with Gasteiger partial charge < -0.3 is 10.6 Å². The maximum Gasteiger partial charge on any atom is 0.416 e. The number of hydrogen-bond acceptors (Lipinski definition) is 3. The molecule has 0 bridgehead atoms. The van der Waals surface area contributed by atoms with Gasteiger partial charge in [-0.3, -0.25) is 9.59 Å². The van der Waals surface area contributed by atoms with E-state index in [1.165, 1.54) is 19.1 Å². The van der Waals surface area contributed by atoms with E-state index in [0.29, 0.717) is 15.4 Å². The first-order valence-electron chi connectivity index (χ1n) is 8.20. The van der Waals surface area contributed by atoms with Gasteiger partial charge in [-0.05, 0) is 43.2 Å². The van der Waals surface area contributed by atoms with Crippen LogP contribution in [0.15, 0.2) is 24.3 Å². The number of amides is 2. The molecule has 1 aromatic carbocycles. The minimum atomic E-state index is -4.49. The van der Waals surface area contributed by atoms with Crippen LogP contribution in [-0.4, -0.2) is 11.8 Å². The maximum atomic E-state index is 13.0. The summed E-state index contributed by atoms with van der Waals surface area (Å²) in [6, 6.07) is 5.32. The lowest BCUT2D eigenvalue weighted by atomic mass is 9.96. The molecule has 2 rings (SSSR count). The number of carbonyl (C=O) groups is 2. The van der Waals surface area contributed by atoms with Gasteiger partial charge in [0.05, 0.1) is 15.4 Å². The zero-order chi connectivity index (χ0) is 20.6. The van der Waals surface area contributed by atoms with E-state index in [1.54, 1.807) is 33.8 Å². The molecule has 0 aliphatic rings. The van der Waals surface area contributed by atoms with Crippen LogP contribution in [-0.2, 0) is 11.0 Å². The van der Waals surface area contributed by atoms with Crippen LogP contribution in [0.2, 0.25) is 0 Å². The van der Waals surface area contributed by atoms with Crippen LogP contribution < -0.4 is 10.6 Å². The Bertz CT molecular complexity index is 880. The van der Waals surface area contributed by atoms with Crippen molar-refractivity contribution in [3.63, 3.8) is 0 Å². The van der Waals surface area contributed by atoms with Gasteiger partial charge in [0.2, 0.25) is 5.91 Å². The highest BCUT2D eigenvalue weighted by molar-refractivity contribution is 7.18. The fourth-order valence-corrected chi connectivity index (χ4v) is 3.22. The molecular weight excluding hydrogens is 377 g/mol. The Balaban J connectivity index is 2.21. The van der Waals surface area contributed by atoms with Crippen molar-refractivity contribution in [1.29, 1.82) is 0 Å². The molecule has 0 aliphatic heterocycles. The molecule has 0 atom stereocenters. The van der Waals surface area contributed by atoms with Crippen LogP contribution in [0.5, 0.6) is 0 Å². The Morgan fingerprint density at radius 3 is 2.15 bits per heavy atom. The summed E-state index contributed by atoms with van der Waals surface area (Å²) in [5, 5.41) is 5.76. The number of carbonyl (C=O) groups excluding carboxylic acids is 2. The minimum absolute atomic E-state index is 0.0611. The lowest BCUT2D eigenvalue weighted by Crippen LogP contribution is -2.27. The number of rotatable bonds is 3. The predicted molar refractivity (Wildman–Crippen MR) is 101 cm³/mol. The SMILES string of the molecule is Cc1ccc(NC(=O)c2sc(NC(=O)C(C)(C)C)cc2C)cc1C(F)(F)F. The van der Waals surface area contributed by atoms with Crippen LogP contribution in [0.1, 0.15) is 47.1 Å². The number of alkyl halides is 3. The van der Waals surface area contributed by atoms with Gasteiger partial charge in [0.1, 0.15) is 0 Å². The highest BCUT2D eigenvalue weighted by Gasteiger charge is 2.32. The van der Waals surface area contributed by atoms with Gasteiger partial charge in [-0.25, -0.2) is 0 Å². The molecule has 8 heteroatoms. The molecule has 27 heavy (non-hydrogen) atoms. The predicted octanol–water partition coefficient (Wildman–Crippen LogP) is 5.62. The monoisotopic (exact) mass is 398 g/mol. The number of anilines is 2. The number of thiophene rings is 1. The van der Waals surface area contributed by atoms with Crippen molar-refractivity contribution in [3.05, 3.63) is 45.8 Å². The normalized spacial score (nSPS) is 12.0. The molecule has 0 saturated carbocycles. The van der Waals surface area contributed by atoms with Gasteiger partial charge in [0.15, 0.2) is 0 Å². The number of nitrogens with one attached hydrogen (secondary N) is 2. The van der Waals surface area contributed by atoms with Gasteiger partial charge in [-0.1, -0.05) is 26.8 Å². The Labute approximate surface area is 159 Å². The Morgan fingerprint density at radius 1 is 0.963 bits per heavy atom. The standard InChI is InChI=1S/C19H21F3N2O2S/c1-10-6-7-12(9-13(10)19(20,21)22)23-16(25)15-11(2)8-14(27-15)24-17(26)18(3,4)5/h6-9H,1-5H3,(H,23,25)(H,24,26). The first kappa shape index (κ1) is 21.0. The van der Waals surface area contributed by atoms with E-state index in [2.05, 4.69) is 10.6 Å². The number of aryl methyl sites for hydroxylation is 2. The number of halogens is 3. The van der Waals surface area contributed by atoms with Gasteiger partial charge >= 0.3 is 6.18 Å². The summed E-state index contributed by atoms with van der Waals surface area (Å²) < 4.78 is 39.1. The second-order valence-electron chi connectivity index (χ2n) is 7.31. The minimum Gasteiger partial charge on any atom is -0.321 e. The van der Waals surface area contributed by atoms with Crippen molar-refractivity contribution in [2.45, 2.75) is 40.8 Å². The van der Waals surface area contributed by atoms with Gasteiger partial charge in [0, 0.05) is 11.1 Å². The quantitative estimate of drug-likeness (QED) is 0.705. The highest BCUT2D eigenvalue weighted by Crippen LogP contribution is 2.34. The van der Waals surface area contributed by atoms with E-state index in [-0.39, 0.29) is 17.2 Å². The summed E-state index contributed by atoms with van der Waals surface area (Å²) in [5.41, 5.74) is -0.604. The van der Waals surface area contributed by atoms with Crippen LogP contribution in [0.3, 0.4) is 0 Å². The largest absolute Gasteiger partial charge is 0.416 e. The molecule has 146 valence electrons. The van der Waals surface area contributed by atoms with Gasteiger partial charge in [0.25, 0.3) is 5.91 Å². The summed E-state index contributed by atoms with van der Waals surface area (Å²) in [7, 11) is 0. The topological polar surface area (TPSA) is 58.2 Å². The summed E-state index contributed by atoms with van der Waals surface area (Å²) in [6.45, 7) is 8.38. The van der Waals surface area contributed by atoms with Crippen molar-refractivity contribution < 1.29 is 22.8 Å². The van der Waals surface area contributed by atoms with Crippen LogP contribution in [0.4, 0.5) is 23.9 Å². The van der Waals surface area contributed by atoms with Crippen molar-refractivity contribution in [3.8, 4) is 0 Å². The van der Waals surface area contributed by atoms with E-state index in [9.17, 15) is 22.8 Å². The molecule has 0 saturated heterocycles. The molecule has 0 radical (unpaired) electrons.